The largest absolute Gasteiger partial charge is 0.342 e. The fourth-order valence-electron chi connectivity index (χ4n) is 2.80. The van der Waals surface area contributed by atoms with E-state index >= 15 is 0 Å². The van der Waals surface area contributed by atoms with E-state index in [1.807, 2.05) is 11.8 Å². The molecule has 3 fully saturated rings. The van der Waals surface area contributed by atoms with Crippen LogP contribution >= 0.6 is 0 Å². The SMILES string of the molecule is CC1C(=O)NC(C2CC2)C(=O)N1CC1CCC1. The van der Waals surface area contributed by atoms with Crippen molar-refractivity contribution < 1.29 is 9.59 Å². The Bertz CT molecular complexity index is 347. The fourth-order valence-corrected chi connectivity index (χ4v) is 2.80. The van der Waals surface area contributed by atoms with E-state index < -0.39 is 0 Å². The maximum atomic E-state index is 12.3. The van der Waals surface area contributed by atoms with E-state index in [0.717, 1.165) is 19.4 Å². The van der Waals surface area contributed by atoms with E-state index in [4.69, 9.17) is 0 Å². The van der Waals surface area contributed by atoms with Crippen LogP contribution in [0.1, 0.15) is 39.0 Å². The summed E-state index contributed by atoms with van der Waals surface area (Å²) in [5.41, 5.74) is 0. The zero-order valence-corrected chi connectivity index (χ0v) is 10.3. The van der Waals surface area contributed by atoms with Gasteiger partial charge in [0.15, 0.2) is 0 Å². The summed E-state index contributed by atoms with van der Waals surface area (Å²) in [6, 6.07) is -0.503. The molecular weight excluding hydrogens is 216 g/mol. The number of piperazine rings is 1. The van der Waals surface area contributed by atoms with Crippen LogP contribution in [-0.2, 0) is 9.59 Å². The van der Waals surface area contributed by atoms with Gasteiger partial charge in [-0.2, -0.15) is 0 Å². The molecule has 2 unspecified atom stereocenters. The second kappa shape index (κ2) is 4.00. The predicted octanol–water partition coefficient (Wildman–Crippen LogP) is 0.912. The van der Waals surface area contributed by atoms with Gasteiger partial charge < -0.3 is 10.2 Å². The van der Waals surface area contributed by atoms with E-state index in [2.05, 4.69) is 5.32 Å². The summed E-state index contributed by atoms with van der Waals surface area (Å²) in [5, 5.41) is 2.89. The second-order valence-corrected chi connectivity index (χ2v) is 5.79. The number of carbonyl (C=O) groups is 2. The van der Waals surface area contributed by atoms with E-state index in [-0.39, 0.29) is 23.9 Å². The number of carbonyl (C=O) groups excluding carboxylic acids is 2. The summed E-state index contributed by atoms with van der Waals surface area (Å²) in [5.74, 6) is 1.22. The molecule has 94 valence electrons. The number of hydrogen-bond donors (Lipinski definition) is 1. The minimum Gasteiger partial charge on any atom is -0.342 e. The van der Waals surface area contributed by atoms with Gasteiger partial charge in [-0.3, -0.25) is 9.59 Å². The normalized spacial score (nSPS) is 34.5. The van der Waals surface area contributed by atoms with Crippen molar-refractivity contribution in [3.63, 3.8) is 0 Å². The minimum absolute atomic E-state index is 0.0285. The van der Waals surface area contributed by atoms with Gasteiger partial charge in [-0.05, 0) is 44.4 Å². The van der Waals surface area contributed by atoms with Crippen LogP contribution in [0.3, 0.4) is 0 Å². The van der Waals surface area contributed by atoms with Gasteiger partial charge in [0.1, 0.15) is 12.1 Å². The maximum absolute atomic E-state index is 12.3. The summed E-state index contributed by atoms with van der Waals surface area (Å²) in [6.07, 6.45) is 5.88. The number of nitrogens with zero attached hydrogens (tertiary/aromatic N) is 1. The Labute approximate surface area is 102 Å². The first-order valence-electron chi connectivity index (χ1n) is 6.77. The summed E-state index contributed by atoms with van der Waals surface area (Å²) >= 11 is 0. The topological polar surface area (TPSA) is 49.4 Å². The van der Waals surface area contributed by atoms with Gasteiger partial charge in [0.05, 0.1) is 0 Å². The lowest BCUT2D eigenvalue weighted by atomic mass is 9.84. The van der Waals surface area contributed by atoms with Crippen molar-refractivity contribution in [2.75, 3.05) is 6.54 Å². The number of nitrogens with one attached hydrogen (secondary N) is 1. The highest BCUT2D eigenvalue weighted by Crippen LogP contribution is 2.36. The van der Waals surface area contributed by atoms with Gasteiger partial charge >= 0.3 is 0 Å². The summed E-state index contributed by atoms with van der Waals surface area (Å²) in [6.45, 7) is 2.63. The van der Waals surface area contributed by atoms with Crippen LogP contribution in [0.15, 0.2) is 0 Å². The lowest BCUT2D eigenvalue weighted by molar-refractivity contribution is -0.150. The Morgan fingerprint density at radius 3 is 2.47 bits per heavy atom. The first kappa shape index (κ1) is 11.1. The van der Waals surface area contributed by atoms with Gasteiger partial charge in [-0.25, -0.2) is 0 Å². The quantitative estimate of drug-likeness (QED) is 0.792. The zero-order chi connectivity index (χ0) is 12.0. The van der Waals surface area contributed by atoms with Crippen LogP contribution in [0.2, 0.25) is 0 Å². The van der Waals surface area contributed by atoms with Crippen molar-refractivity contribution in [1.82, 2.24) is 10.2 Å². The lowest BCUT2D eigenvalue weighted by Gasteiger charge is -2.41. The molecule has 0 aromatic heterocycles. The minimum atomic E-state index is -0.280. The van der Waals surface area contributed by atoms with Crippen molar-refractivity contribution >= 4 is 11.8 Å². The number of rotatable bonds is 3. The third kappa shape index (κ3) is 1.94. The van der Waals surface area contributed by atoms with Crippen LogP contribution in [0.5, 0.6) is 0 Å². The molecule has 3 rings (SSSR count). The van der Waals surface area contributed by atoms with E-state index in [1.165, 1.54) is 19.3 Å². The molecule has 1 N–H and O–H groups in total. The molecule has 2 saturated carbocycles. The van der Waals surface area contributed by atoms with Gasteiger partial charge in [0.25, 0.3) is 0 Å². The molecule has 0 aromatic rings. The van der Waals surface area contributed by atoms with Gasteiger partial charge in [0.2, 0.25) is 11.8 Å². The fraction of sp³-hybridized carbons (Fsp3) is 0.846. The molecule has 3 aliphatic rings. The van der Waals surface area contributed by atoms with E-state index in [1.54, 1.807) is 0 Å². The molecule has 0 radical (unpaired) electrons. The van der Waals surface area contributed by atoms with Gasteiger partial charge in [-0.1, -0.05) is 6.42 Å². The monoisotopic (exact) mass is 236 g/mol. The molecule has 2 atom stereocenters. The molecule has 1 aliphatic heterocycles. The standard InChI is InChI=1S/C13H20N2O2/c1-8-12(16)14-11(10-5-6-10)13(17)15(8)7-9-3-2-4-9/h8-11H,2-7H2,1H3,(H,14,16). The first-order chi connectivity index (χ1) is 8.16. The molecule has 0 aromatic carbocycles. The Morgan fingerprint density at radius 1 is 1.24 bits per heavy atom. The molecule has 2 amide bonds. The maximum Gasteiger partial charge on any atom is 0.246 e. The van der Waals surface area contributed by atoms with Gasteiger partial charge in [-0.15, -0.1) is 0 Å². The van der Waals surface area contributed by atoms with Crippen molar-refractivity contribution in [3.05, 3.63) is 0 Å². The van der Waals surface area contributed by atoms with E-state index in [9.17, 15) is 9.59 Å². The van der Waals surface area contributed by atoms with Crippen molar-refractivity contribution in [2.45, 2.75) is 51.1 Å². The van der Waals surface area contributed by atoms with Crippen molar-refractivity contribution in [1.29, 1.82) is 0 Å². The average Bonchev–Trinajstić information content (AvgIpc) is 3.04. The highest BCUT2D eigenvalue weighted by molar-refractivity contribution is 5.97. The van der Waals surface area contributed by atoms with Crippen LogP contribution in [-0.4, -0.2) is 35.3 Å². The molecule has 1 heterocycles. The third-order valence-corrected chi connectivity index (χ3v) is 4.47. The molecule has 17 heavy (non-hydrogen) atoms. The van der Waals surface area contributed by atoms with Crippen LogP contribution in [0.25, 0.3) is 0 Å². The Hall–Kier alpha value is -1.06. The molecular formula is C13H20N2O2. The van der Waals surface area contributed by atoms with Crippen LogP contribution < -0.4 is 5.32 Å². The highest BCUT2D eigenvalue weighted by Gasteiger charge is 2.46. The first-order valence-corrected chi connectivity index (χ1v) is 6.77. The smallest absolute Gasteiger partial charge is 0.246 e. The van der Waals surface area contributed by atoms with Crippen molar-refractivity contribution in [2.24, 2.45) is 11.8 Å². The molecule has 0 bridgehead atoms. The Morgan fingerprint density at radius 2 is 1.94 bits per heavy atom. The molecule has 4 nitrogen and oxygen atoms in total. The van der Waals surface area contributed by atoms with Gasteiger partial charge in [0, 0.05) is 6.54 Å². The Balaban J connectivity index is 1.72. The molecule has 0 spiro atoms. The number of hydrogen-bond acceptors (Lipinski definition) is 2. The zero-order valence-electron chi connectivity index (χ0n) is 10.3. The summed E-state index contributed by atoms with van der Waals surface area (Å²) in [4.78, 5) is 26.1. The third-order valence-electron chi connectivity index (χ3n) is 4.47. The van der Waals surface area contributed by atoms with Crippen LogP contribution in [0.4, 0.5) is 0 Å². The molecule has 2 aliphatic carbocycles. The summed E-state index contributed by atoms with van der Waals surface area (Å²) in [7, 11) is 0. The lowest BCUT2D eigenvalue weighted by Crippen LogP contribution is -2.64. The Kier molecular flexibility index (Phi) is 2.60. The second-order valence-electron chi connectivity index (χ2n) is 5.79. The predicted molar refractivity (Wildman–Crippen MR) is 63.2 cm³/mol. The average molecular weight is 236 g/mol. The van der Waals surface area contributed by atoms with Crippen molar-refractivity contribution in [3.8, 4) is 0 Å². The molecule has 1 saturated heterocycles. The summed E-state index contributed by atoms with van der Waals surface area (Å²) < 4.78 is 0. The highest BCUT2D eigenvalue weighted by atomic mass is 16.2. The number of amides is 2. The molecule has 4 heteroatoms. The van der Waals surface area contributed by atoms with Crippen LogP contribution in [0, 0.1) is 11.8 Å². The van der Waals surface area contributed by atoms with E-state index in [0.29, 0.717) is 11.8 Å².